The van der Waals surface area contributed by atoms with Crippen LogP contribution in [-0.4, -0.2) is 46.4 Å². The number of aliphatic carboxylic acids is 1. The number of likely N-dealkylation sites (tertiary alicyclic amines) is 1. The summed E-state index contributed by atoms with van der Waals surface area (Å²) in [5.74, 6) is -1.25. The summed E-state index contributed by atoms with van der Waals surface area (Å²) in [7, 11) is 0. The Balaban J connectivity index is 1.85. The molecule has 2 N–H and O–H groups in total. The molecule has 1 aliphatic heterocycles. The lowest BCUT2D eigenvalue weighted by molar-refractivity contribution is -0.140. The maximum absolute atomic E-state index is 11.8. The van der Waals surface area contributed by atoms with Gasteiger partial charge in [0.2, 0.25) is 11.8 Å². The summed E-state index contributed by atoms with van der Waals surface area (Å²) in [5, 5.41) is 11.3. The van der Waals surface area contributed by atoms with Gasteiger partial charge in [-0.3, -0.25) is 19.3 Å². The number of carbonyl (C=O) groups excluding carboxylic acids is 2. The second-order valence-electron chi connectivity index (χ2n) is 4.19. The summed E-state index contributed by atoms with van der Waals surface area (Å²) in [4.78, 5) is 34.9. The van der Waals surface area contributed by atoms with Crippen LogP contribution in [0, 0.1) is 0 Å². The Bertz CT molecular complexity index is 338. The summed E-state index contributed by atoms with van der Waals surface area (Å²) >= 11 is 0. The molecule has 2 rings (SSSR count). The van der Waals surface area contributed by atoms with Crippen LogP contribution in [0.15, 0.2) is 0 Å². The third-order valence-electron chi connectivity index (χ3n) is 2.82. The average Bonchev–Trinajstić information content (AvgIpc) is 2.96. The first-order chi connectivity index (χ1) is 7.59. The Kier molecular flexibility index (Phi) is 2.91. The van der Waals surface area contributed by atoms with E-state index in [0.29, 0.717) is 0 Å². The van der Waals surface area contributed by atoms with E-state index >= 15 is 0 Å². The van der Waals surface area contributed by atoms with Gasteiger partial charge in [-0.25, -0.2) is 0 Å². The average molecular weight is 226 g/mol. The smallest absolute Gasteiger partial charge is 0.304 e. The van der Waals surface area contributed by atoms with Crippen molar-refractivity contribution in [2.45, 2.75) is 37.8 Å². The zero-order valence-corrected chi connectivity index (χ0v) is 8.81. The molecule has 88 valence electrons. The number of carboxylic acid groups (broad SMARTS) is 1. The van der Waals surface area contributed by atoms with Crippen molar-refractivity contribution in [2.75, 3.05) is 6.54 Å². The van der Waals surface area contributed by atoms with Crippen molar-refractivity contribution in [1.29, 1.82) is 0 Å². The maximum atomic E-state index is 11.8. The van der Waals surface area contributed by atoms with Crippen LogP contribution < -0.4 is 5.32 Å². The normalized spacial score (nSPS) is 25.2. The number of hydrogen-bond acceptors (Lipinski definition) is 4. The van der Waals surface area contributed by atoms with Crippen molar-refractivity contribution in [2.24, 2.45) is 0 Å². The largest absolute Gasteiger partial charge is 0.481 e. The maximum Gasteiger partial charge on any atom is 0.304 e. The molecule has 6 nitrogen and oxygen atoms in total. The second-order valence-corrected chi connectivity index (χ2v) is 4.19. The first-order valence-corrected chi connectivity index (χ1v) is 5.40. The third kappa shape index (κ3) is 2.21. The van der Waals surface area contributed by atoms with E-state index in [1.54, 1.807) is 0 Å². The van der Waals surface area contributed by atoms with Gasteiger partial charge in [-0.05, 0) is 12.8 Å². The van der Waals surface area contributed by atoms with E-state index < -0.39 is 12.0 Å². The van der Waals surface area contributed by atoms with Crippen LogP contribution in [-0.2, 0) is 14.4 Å². The van der Waals surface area contributed by atoms with Gasteiger partial charge in [0, 0.05) is 12.6 Å². The van der Waals surface area contributed by atoms with E-state index in [1.165, 1.54) is 4.90 Å². The molecular formula is C10H14N2O4. The van der Waals surface area contributed by atoms with Gasteiger partial charge in [0.05, 0.1) is 18.9 Å². The molecule has 1 saturated heterocycles. The van der Waals surface area contributed by atoms with E-state index in [2.05, 4.69) is 5.32 Å². The topological polar surface area (TPSA) is 86.7 Å². The van der Waals surface area contributed by atoms with Crippen LogP contribution in [0.1, 0.15) is 25.7 Å². The Morgan fingerprint density at radius 2 is 2.12 bits per heavy atom. The van der Waals surface area contributed by atoms with Gasteiger partial charge >= 0.3 is 5.97 Å². The van der Waals surface area contributed by atoms with Crippen molar-refractivity contribution in [3.8, 4) is 0 Å². The molecule has 16 heavy (non-hydrogen) atoms. The van der Waals surface area contributed by atoms with E-state index in [4.69, 9.17) is 5.11 Å². The molecule has 1 unspecified atom stereocenters. The van der Waals surface area contributed by atoms with E-state index in [9.17, 15) is 14.4 Å². The molecule has 0 radical (unpaired) electrons. The lowest BCUT2D eigenvalue weighted by Gasteiger charge is -2.13. The number of rotatable bonds is 5. The van der Waals surface area contributed by atoms with Crippen molar-refractivity contribution in [3.63, 3.8) is 0 Å². The molecule has 0 bridgehead atoms. The molecule has 1 atom stereocenters. The number of imide groups is 1. The molecule has 0 aromatic rings. The lowest BCUT2D eigenvalue weighted by atomic mass is 10.2. The Hall–Kier alpha value is -1.43. The van der Waals surface area contributed by atoms with Crippen LogP contribution >= 0.6 is 0 Å². The van der Waals surface area contributed by atoms with E-state index in [-0.39, 0.29) is 37.2 Å². The molecule has 1 heterocycles. The number of amides is 2. The monoisotopic (exact) mass is 226 g/mol. The molecular weight excluding hydrogens is 212 g/mol. The highest BCUT2D eigenvalue weighted by atomic mass is 16.4. The number of nitrogens with one attached hydrogen (secondary N) is 1. The summed E-state index contributed by atoms with van der Waals surface area (Å²) in [5.41, 5.74) is 0. The predicted octanol–water partition coefficient (Wildman–Crippen LogP) is -0.659. The minimum atomic E-state index is -0.914. The lowest BCUT2D eigenvalue weighted by Crippen LogP contribution is -2.40. The van der Waals surface area contributed by atoms with Crippen LogP contribution in [0.3, 0.4) is 0 Å². The van der Waals surface area contributed by atoms with Gasteiger partial charge in [0.15, 0.2) is 0 Å². The van der Waals surface area contributed by atoms with Crippen LogP contribution in [0.2, 0.25) is 0 Å². The molecule has 1 aliphatic carbocycles. The first-order valence-electron chi connectivity index (χ1n) is 5.40. The van der Waals surface area contributed by atoms with Gasteiger partial charge in [0.25, 0.3) is 0 Å². The Morgan fingerprint density at radius 3 is 2.69 bits per heavy atom. The van der Waals surface area contributed by atoms with Gasteiger partial charge in [-0.1, -0.05) is 0 Å². The standard InChI is InChI=1S/C10H14N2O4/c13-8-5-7(11-4-3-9(14)15)10(16)12(8)6-1-2-6/h6-7,11H,1-5H2,(H,14,15). The predicted molar refractivity (Wildman–Crippen MR) is 53.5 cm³/mol. The quantitative estimate of drug-likeness (QED) is 0.608. The molecule has 2 fully saturated rings. The first kappa shape index (κ1) is 11.1. The fourth-order valence-corrected chi connectivity index (χ4v) is 1.88. The van der Waals surface area contributed by atoms with Gasteiger partial charge in [-0.15, -0.1) is 0 Å². The molecule has 2 amide bonds. The van der Waals surface area contributed by atoms with E-state index in [0.717, 1.165) is 12.8 Å². The summed E-state index contributed by atoms with van der Waals surface area (Å²) in [6, 6.07) is -0.418. The number of hydrogen-bond donors (Lipinski definition) is 2. The highest BCUT2D eigenvalue weighted by Gasteiger charge is 2.45. The van der Waals surface area contributed by atoms with Crippen molar-refractivity contribution in [1.82, 2.24) is 10.2 Å². The third-order valence-corrected chi connectivity index (χ3v) is 2.82. The summed E-state index contributed by atoms with van der Waals surface area (Å²) in [6.07, 6.45) is 1.93. The Morgan fingerprint density at radius 1 is 1.44 bits per heavy atom. The molecule has 0 aromatic heterocycles. The fraction of sp³-hybridized carbons (Fsp3) is 0.700. The molecule has 2 aliphatic rings. The molecule has 1 saturated carbocycles. The second kappa shape index (κ2) is 4.21. The molecule has 0 spiro atoms. The zero-order chi connectivity index (χ0) is 11.7. The van der Waals surface area contributed by atoms with E-state index in [1.807, 2.05) is 0 Å². The highest BCUT2D eigenvalue weighted by Crippen LogP contribution is 2.31. The van der Waals surface area contributed by atoms with Crippen LogP contribution in [0.25, 0.3) is 0 Å². The van der Waals surface area contributed by atoms with Gasteiger partial charge < -0.3 is 10.4 Å². The summed E-state index contributed by atoms with van der Waals surface area (Å²) in [6.45, 7) is 0.220. The molecule has 6 heteroatoms. The summed E-state index contributed by atoms with van der Waals surface area (Å²) < 4.78 is 0. The fourth-order valence-electron chi connectivity index (χ4n) is 1.88. The van der Waals surface area contributed by atoms with Crippen molar-refractivity contribution < 1.29 is 19.5 Å². The Labute approximate surface area is 92.6 Å². The minimum Gasteiger partial charge on any atom is -0.481 e. The van der Waals surface area contributed by atoms with Crippen molar-refractivity contribution >= 4 is 17.8 Å². The zero-order valence-electron chi connectivity index (χ0n) is 8.81. The van der Waals surface area contributed by atoms with Gasteiger partial charge in [0.1, 0.15) is 0 Å². The van der Waals surface area contributed by atoms with Crippen LogP contribution in [0.4, 0.5) is 0 Å². The van der Waals surface area contributed by atoms with Crippen LogP contribution in [0.5, 0.6) is 0 Å². The highest BCUT2D eigenvalue weighted by molar-refractivity contribution is 6.06. The molecule has 0 aromatic carbocycles. The van der Waals surface area contributed by atoms with Gasteiger partial charge in [-0.2, -0.15) is 0 Å². The number of carbonyl (C=O) groups is 3. The SMILES string of the molecule is O=C(O)CCNC1CC(=O)N(C2CC2)C1=O. The number of nitrogens with zero attached hydrogens (tertiary/aromatic N) is 1. The minimum absolute atomic E-state index is 0.0403. The number of carboxylic acids is 1. The van der Waals surface area contributed by atoms with Crippen molar-refractivity contribution in [3.05, 3.63) is 0 Å².